The van der Waals surface area contributed by atoms with E-state index >= 15 is 0 Å². The molecule has 0 saturated heterocycles. The van der Waals surface area contributed by atoms with Gasteiger partial charge < -0.3 is 10.1 Å². The highest BCUT2D eigenvalue weighted by Gasteiger charge is 2.19. The van der Waals surface area contributed by atoms with Crippen molar-refractivity contribution < 1.29 is 4.74 Å². The summed E-state index contributed by atoms with van der Waals surface area (Å²) >= 11 is 3.53. The van der Waals surface area contributed by atoms with Crippen LogP contribution in [0, 0.1) is 0 Å². The quantitative estimate of drug-likeness (QED) is 0.872. The molecule has 2 nitrogen and oxygen atoms in total. The van der Waals surface area contributed by atoms with E-state index in [4.69, 9.17) is 4.74 Å². The van der Waals surface area contributed by atoms with Crippen LogP contribution in [0.15, 0.2) is 46.9 Å². The Kier molecular flexibility index (Phi) is 4.61. The first-order chi connectivity index (χ1) is 10.3. The Labute approximate surface area is 134 Å². The van der Waals surface area contributed by atoms with Crippen LogP contribution in [-0.2, 0) is 13.0 Å². The highest BCUT2D eigenvalue weighted by Crippen LogP contribution is 2.30. The molecule has 0 fully saturated rings. The molecule has 3 heteroatoms. The van der Waals surface area contributed by atoms with Crippen LogP contribution in [0.25, 0.3) is 0 Å². The van der Waals surface area contributed by atoms with Crippen LogP contribution in [0.1, 0.15) is 35.6 Å². The first-order valence-electron chi connectivity index (χ1n) is 7.41. The van der Waals surface area contributed by atoms with Crippen LogP contribution in [0.3, 0.4) is 0 Å². The minimum atomic E-state index is 0.443. The summed E-state index contributed by atoms with van der Waals surface area (Å²) in [4.78, 5) is 0. The van der Waals surface area contributed by atoms with Gasteiger partial charge in [-0.1, -0.05) is 40.2 Å². The van der Waals surface area contributed by atoms with Crippen molar-refractivity contribution in [2.24, 2.45) is 0 Å². The Morgan fingerprint density at radius 1 is 1.24 bits per heavy atom. The molecule has 0 aliphatic heterocycles. The highest BCUT2D eigenvalue weighted by molar-refractivity contribution is 9.10. The van der Waals surface area contributed by atoms with Gasteiger partial charge in [-0.15, -0.1) is 0 Å². The van der Waals surface area contributed by atoms with Gasteiger partial charge in [0.15, 0.2) is 0 Å². The molecule has 2 aromatic carbocycles. The Bertz CT molecular complexity index is 626. The molecule has 0 aromatic heterocycles. The summed E-state index contributed by atoms with van der Waals surface area (Å²) in [5.41, 5.74) is 4.13. The van der Waals surface area contributed by atoms with Crippen molar-refractivity contribution in [3.8, 4) is 5.75 Å². The van der Waals surface area contributed by atoms with Crippen LogP contribution < -0.4 is 10.1 Å². The summed E-state index contributed by atoms with van der Waals surface area (Å²) < 4.78 is 6.54. The predicted molar refractivity (Wildman–Crippen MR) is 89.7 cm³/mol. The Morgan fingerprint density at radius 2 is 2.10 bits per heavy atom. The standard InChI is InChI=1S/C18H20BrNO/c1-21-18-10-9-15(19)11-14(18)12-20-17-8-4-6-13-5-2-3-7-16(13)17/h2-3,5,7,9-11,17,20H,4,6,8,12H2,1H3/t17-/m1/s1. The number of aryl methyl sites for hydroxylation is 1. The molecule has 1 aliphatic carbocycles. The first kappa shape index (κ1) is 14.6. The van der Waals surface area contributed by atoms with E-state index in [2.05, 4.69) is 51.6 Å². The van der Waals surface area contributed by atoms with E-state index < -0.39 is 0 Å². The molecule has 110 valence electrons. The topological polar surface area (TPSA) is 21.3 Å². The molecule has 2 aromatic rings. The minimum Gasteiger partial charge on any atom is -0.496 e. The normalized spacial score (nSPS) is 17.3. The van der Waals surface area contributed by atoms with Gasteiger partial charge in [0.05, 0.1) is 7.11 Å². The van der Waals surface area contributed by atoms with Crippen molar-refractivity contribution in [2.75, 3.05) is 7.11 Å². The molecule has 0 saturated carbocycles. The smallest absolute Gasteiger partial charge is 0.123 e. The molecule has 1 atom stereocenters. The van der Waals surface area contributed by atoms with Gasteiger partial charge >= 0.3 is 0 Å². The minimum absolute atomic E-state index is 0.443. The van der Waals surface area contributed by atoms with Crippen molar-refractivity contribution in [1.29, 1.82) is 0 Å². The van der Waals surface area contributed by atoms with Crippen LogP contribution in [0.5, 0.6) is 5.75 Å². The van der Waals surface area contributed by atoms with Crippen LogP contribution >= 0.6 is 15.9 Å². The second-order valence-corrected chi connectivity index (χ2v) is 6.40. The zero-order valence-electron chi connectivity index (χ0n) is 12.2. The first-order valence-corrected chi connectivity index (χ1v) is 8.21. The van der Waals surface area contributed by atoms with Gasteiger partial charge in [0.25, 0.3) is 0 Å². The number of halogens is 1. The summed E-state index contributed by atoms with van der Waals surface area (Å²) in [5.74, 6) is 0.940. The van der Waals surface area contributed by atoms with E-state index in [0.717, 1.165) is 16.8 Å². The average molecular weight is 346 g/mol. The van der Waals surface area contributed by atoms with Gasteiger partial charge in [-0.05, 0) is 48.6 Å². The highest BCUT2D eigenvalue weighted by atomic mass is 79.9. The molecule has 0 spiro atoms. The lowest BCUT2D eigenvalue weighted by Crippen LogP contribution is -2.25. The lowest BCUT2D eigenvalue weighted by molar-refractivity contribution is 0.401. The van der Waals surface area contributed by atoms with Crippen LogP contribution in [-0.4, -0.2) is 7.11 Å². The SMILES string of the molecule is COc1ccc(Br)cc1CN[C@@H]1CCCc2ccccc21. The fourth-order valence-electron chi connectivity index (χ4n) is 3.08. The number of nitrogens with one attached hydrogen (secondary N) is 1. The molecular formula is C18H20BrNO. The third-order valence-corrected chi connectivity index (χ3v) is 4.64. The molecule has 0 unspecified atom stereocenters. The fourth-order valence-corrected chi connectivity index (χ4v) is 3.49. The number of benzene rings is 2. The van der Waals surface area contributed by atoms with Crippen LogP contribution in [0.4, 0.5) is 0 Å². The Hall–Kier alpha value is -1.32. The summed E-state index contributed by atoms with van der Waals surface area (Å²) in [7, 11) is 1.72. The van der Waals surface area contributed by atoms with Gasteiger partial charge in [0.1, 0.15) is 5.75 Å². The monoisotopic (exact) mass is 345 g/mol. The summed E-state index contributed by atoms with van der Waals surface area (Å²) in [6.07, 6.45) is 3.66. The zero-order valence-corrected chi connectivity index (χ0v) is 13.8. The number of fused-ring (bicyclic) bond motifs is 1. The summed E-state index contributed by atoms with van der Waals surface area (Å²) in [6.45, 7) is 0.821. The van der Waals surface area contributed by atoms with E-state index in [1.165, 1.54) is 36.0 Å². The number of hydrogen-bond acceptors (Lipinski definition) is 2. The van der Waals surface area contributed by atoms with Gasteiger partial charge in [0.2, 0.25) is 0 Å². The molecular weight excluding hydrogens is 326 g/mol. The lowest BCUT2D eigenvalue weighted by Gasteiger charge is -2.26. The van der Waals surface area contributed by atoms with Crippen molar-refractivity contribution in [1.82, 2.24) is 5.32 Å². The van der Waals surface area contributed by atoms with E-state index in [9.17, 15) is 0 Å². The second-order valence-electron chi connectivity index (χ2n) is 5.48. The second kappa shape index (κ2) is 6.63. The van der Waals surface area contributed by atoms with E-state index in [-0.39, 0.29) is 0 Å². The molecule has 0 amide bonds. The van der Waals surface area contributed by atoms with Crippen molar-refractivity contribution in [2.45, 2.75) is 31.8 Å². The fraction of sp³-hybridized carbons (Fsp3) is 0.333. The van der Waals surface area contributed by atoms with Crippen molar-refractivity contribution in [3.63, 3.8) is 0 Å². The molecule has 21 heavy (non-hydrogen) atoms. The summed E-state index contributed by atoms with van der Waals surface area (Å²) in [5, 5.41) is 3.70. The van der Waals surface area contributed by atoms with Gasteiger partial charge in [0, 0.05) is 22.6 Å². The maximum absolute atomic E-state index is 5.45. The third-order valence-electron chi connectivity index (χ3n) is 4.15. The Balaban J connectivity index is 1.76. The largest absolute Gasteiger partial charge is 0.496 e. The molecule has 0 radical (unpaired) electrons. The maximum Gasteiger partial charge on any atom is 0.123 e. The molecule has 3 rings (SSSR count). The van der Waals surface area contributed by atoms with E-state index in [1.807, 2.05) is 12.1 Å². The average Bonchev–Trinajstić information content (AvgIpc) is 2.53. The van der Waals surface area contributed by atoms with Gasteiger partial charge in [-0.2, -0.15) is 0 Å². The van der Waals surface area contributed by atoms with Gasteiger partial charge in [-0.3, -0.25) is 0 Å². The van der Waals surface area contributed by atoms with Crippen molar-refractivity contribution in [3.05, 3.63) is 63.6 Å². The van der Waals surface area contributed by atoms with Gasteiger partial charge in [-0.25, -0.2) is 0 Å². The summed E-state index contributed by atoms with van der Waals surface area (Å²) in [6, 6.07) is 15.4. The van der Waals surface area contributed by atoms with E-state index in [0.29, 0.717) is 6.04 Å². The molecule has 1 aliphatic rings. The number of ether oxygens (including phenoxy) is 1. The molecule has 1 N–H and O–H groups in total. The number of methoxy groups -OCH3 is 1. The molecule has 0 heterocycles. The lowest BCUT2D eigenvalue weighted by atomic mass is 9.87. The number of hydrogen-bond donors (Lipinski definition) is 1. The maximum atomic E-state index is 5.45. The van der Waals surface area contributed by atoms with E-state index in [1.54, 1.807) is 7.11 Å². The van der Waals surface area contributed by atoms with Crippen molar-refractivity contribution >= 4 is 15.9 Å². The number of rotatable bonds is 4. The van der Waals surface area contributed by atoms with Crippen LogP contribution in [0.2, 0.25) is 0 Å². The molecule has 0 bridgehead atoms. The third kappa shape index (κ3) is 3.30. The Morgan fingerprint density at radius 3 is 2.95 bits per heavy atom. The predicted octanol–water partition coefficient (Wildman–Crippen LogP) is 4.62. The zero-order chi connectivity index (χ0) is 14.7.